The predicted octanol–water partition coefficient (Wildman–Crippen LogP) is 3.23. The summed E-state index contributed by atoms with van der Waals surface area (Å²) < 4.78 is 5.62. The zero-order chi connectivity index (χ0) is 13.1. The molecule has 0 aromatic heterocycles. The summed E-state index contributed by atoms with van der Waals surface area (Å²) in [5, 5.41) is 0. The standard InChI is InChI=1S/C16H22O2/c1-4-18-16(13-7-8-13)15(17)10-14-9-11(2)5-6-12(14)3/h5-6,9,13,16H,4,7-8,10H2,1-3H3. The molecule has 2 nitrogen and oxygen atoms in total. The zero-order valence-corrected chi connectivity index (χ0v) is 11.5. The van der Waals surface area contributed by atoms with Crippen molar-refractivity contribution in [3.05, 3.63) is 34.9 Å². The summed E-state index contributed by atoms with van der Waals surface area (Å²) >= 11 is 0. The summed E-state index contributed by atoms with van der Waals surface area (Å²) in [5.74, 6) is 0.718. The van der Waals surface area contributed by atoms with Gasteiger partial charge in [0.05, 0.1) is 0 Å². The lowest BCUT2D eigenvalue weighted by Gasteiger charge is -2.16. The SMILES string of the molecule is CCOC(C(=O)Cc1cc(C)ccc1C)C1CC1. The highest BCUT2D eigenvalue weighted by atomic mass is 16.5. The first-order valence-corrected chi connectivity index (χ1v) is 6.82. The molecule has 1 unspecified atom stereocenters. The molecular weight excluding hydrogens is 224 g/mol. The highest BCUT2D eigenvalue weighted by Gasteiger charge is 2.36. The fourth-order valence-corrected chi connectivity index (χ4v) is 2.35. The van der Waals surface area contributed by atoms with Crippen LogP contribution in [-0.4, -0.2) is 18.5 Å². The van der Waals surface area contributed by atoms with Gasteiger partial charge in [-0.05, 0) is 50.7 Å². The number of ketones is 1. The van der Waals surface area contributed by atoms with Gasteiger partial charge in [0.25, 0.3) is 0 Å². The molecule has 98 valence electrons. The average Bonchev–Trinajstić information content (AvgIpc) is 3.14. The maximum atomic E-state index is 12.3. The summed E-state index contributed by atoms with van der Waals surface area (Å²) in [6.07, 6.45) is 2.62. The molecule has 0 aliphatic heterocycles. The van der Waals surface area contributed by atoms with E-state index in [1.807, 2.05) is 6.92 Å². The average molecular weight is 246 g/mol. The number of aryl methyl sites for hydroxylation is 2. The third-order valence-electron chi connectivity index (χ3n) is 3.58. The summed E-state index contributed by atoms with van der Waals surface area (Å²) in [5.41, 5.74) is 3.55. The van der Waals surface area contributed by atoms with E-state index in [2.05, 4.69) is 32.0 Å². The van der Waals surface area contributed by atoms with Crippen LogP contribution in [0.3, 0.4) is 0 Å². The minimum Gasteiger partial charge on any atom is -0.370 e. The van der Waals surface area contributed by atoms with Crippen LogP contribution >= 0.6 is 0 Å². The Labute approximate surface area is 109 Å². The Balaban J connectivity index is 2.07. The topological polar surface area (TPSA) is 26.3 Å². The quantitative estimate of drug-likeness (QED) is 0.770. The second-order valence-electron chi connectivity index (χ2n) is 5.29. The van der Waals surface area contributed by atoms with Crippen molar-refractivity contribution in [3.63, 3.8) is 0 Å². The van der Waals surface area contributed by atoms with E-state index >= 15 is 0 Å². The Bertz CT molecular complexity index is 433. The van der Waals surface area contributed by atoms with E-state index in [-0.39, 0.29) is 11.9 Å². The third kappa shape index (κ3) is 3.20. The number of carbonyl (C=O) groups excluding carboxylic acids is 1. The molecule has 0 heterocycles. The van der Waals surface area contributed by atoms with Gasteiger partial charge in [0.1, 0.15) is 6.10 Å². The number of ether oxygens (including phenoxy) is 1. The number of Topliss-reactive ketones (excluding diaryl/α,β-unsaturated/α-hetero) is 1. The van der Waals surface area contributed by atoms with Gasteiger partial charge in [-0.15, -0.1) is 0 Å². The first-order valence-electron chi connectivity index (χ1n) is 6.82. The minimum atomic E-state index is -0.171. The van der Waals surface area contributed by atoms with Crippen LogP contribution in [0.4, 0.5) is 0 Å². The van der Waals surface area contributed by atoms with Gasteiger partial charge in [0, 0.05) is 13.0 Å². The Morgan fingerprint density at radius 3 is 2.72 bits per heavy atom. The summed E-state index contributed by atoms with van der Waals surface area (Å²) in [4.78, 5) is 12.3. The van der Waals surface area contributed by atoms with E-state index in [0.29, 0.717) is 18.9 Å². The molecule has 1 saturated carbocycles. The Hall–Kier alpha value is -1.15. The third-order valence-corrected chi connectivity index (χ3v) is 3.58. The van der Waals surface area contributed by atoms with Crippen molar-refractivity contribution in [2.75, 3.05) is 6.61 Å². The van der Waals surface area contributed by atoms with Crippen molar-refractivity contribution in [2.24, 2.45) is 5.92 Å². The second-order valence-corrected chi connectivity index (χ2v) is 5.29. The van der Waals surface area contributed by atoms with Crippen molar-refractivity contribution < 1.29 is 9.53 Å². The van der Waals surface area contributed by atoms with Gasteiger partial charge in [-0.25, -0.2) is 0 Å². The van der Waals surface area contributed by atoms with E-state index in [1.165, 1.54) is 11.1 Å². The highest BCUT2D eigenvalue weighted by molar-refractivity contribution is 5.86. The van der Waals surface area contributed by atoms with Crippen LogP contribution in [0.15, 0.2) is 18.2 Å². The molecule has 0 radical (unpaired) electrons. The van der Waals surface area contributed by atoms with Gasteiger partial charge < -0.3 is 4.74 Å². The molecule has 0 amide bonds. The number of benzene rings is 1. The highest BCUT2D eigenvalue weighted by Crippen LogP contribution is 2.35. The summed E-state index contributed by atoms with van der Waals surface area (Å²) in [6.45, 7) is 6.71. The Kier molecular flexibility index (Phi) is 4.18. The first kappa shape index (κ1) is 13.3. The minimum absolute atomic E-state index is 0.171. The molecule has 2 rings (SSSR count). The zero-order valence-electron chi connectivity index (χ0n) is 11.5. The van der Waals surface area contributed by atoms with Crippen LogP contribution in [0.5, 0.6) is 0 Å². The summed E-state index contributed by atoms with van der Waals surface area (Å²) in [6, 6.07) is 6.29. The first-order chi connectivity index (χ1) is 8.61. The van der Waals surface area contributed by atoms with Gasteiger partial charge in [-0.2, -0.15) is 0 Å². The van der Waals surface area contributed by atoms with Crippen LogP contribution < -0.4 is 0 Å². The van der Waals surface area contributed by atoms with E-state index in [4.69, 9.17) is 4.74 Å². The van der Waals surface area contributed by atoms with Gasteiger partial charge in [-0.1, -0.05) is 23.8 Å². The lowest BCUT2D eigenvalue weighted by molar-refractivity contribution is -0.130. The van der Waals surface area contributed by atoms with Crippen molar-refractivity contribution in [2.45, 2.75) is 46.1 Å². The molecule has 1 aliphatic rings. The lowest BCUT2D eigenvalue weighted by atomic mass is 9.97. The van der Waals surface area contributed by atoms with Crippen molar-refractivity contribution >= 4 is 5.78 Å². The Morgan fingerprint density at radius 2 is 2.11 bits per heavy atom. The van der Waals surface area contributed by atoms with Crippen LogP contribution in [-0.2, 0) is 16.0 Å². The molecule has 1 fully saturated rings. The van der Waals surface area contributed by atoms with Crippen LogP contribution in [0.2, 0.25) is 0 Å². The van der Waals surface area contributed by atoms with Crippen LogP contribution in [0, 0.1) is 19.8 Å². The maximum absolute atomic E-state index is 12.3. The van der Waals surface area contributed by atoms with E-state index in [9.17, 15) is 4.79 Å². The fourth-order valence-electron chi connectivity index (χ4n) is 2.35. The molecule has 1 atom stereocenters. The number of rotatable bonds is 6. The molecule has 1 aromatic rings. The predicted molar refractivity (Wildman–Crippen MR) is 72.8 cm³/mol. The molecule has 0 spiro atoms. The van der Waals surface area contributed by atoms with Crippen molar-refractivity contribution in [1.82, 2.24) is 0 Å². The smallest absolute Gasteiger partial charge is 0.166 e. The molecule has 0 N–H and O–H groups in total. The lowest BCUT2D eigenvalue weighted by Crippen LogP contribution is -2.28. The molecule has 1 aliphatic carbocycles. The van der Waals surface area contributed by atoms with Gasteiger partial charge in [0.2, 0.25) is 0 Å². The maximum Gasteiger partial charge on any atom is 0.166 e. The normalized spacial score (nSPS) is 16.6. The number of hydrogen-bond donors (Lipinski definition) is 0. The van der Waals surface area contributed by atoms with E-state index < -0.39 is 0 Å². The van der Waals surface area contributed by atoms with Gasteiger partial charge >= 0.3 is 0 Å². The van der Waals surface area contributed by atoms with E-state index in [0.717, 1.165) is 18.4 Å². The van der Waals surface area contributed by atoms with Gasteiger partial charge in [0.15, 0.2) is 5.78 Å². The van der Waals surface area contributed by atoms with Crippen LogP contribution in [0.1, 0.15) is 36.5 Å². The number of hydrogen-bond acceptors (Lipinski definition) is 2. The molecule has 1 aromatic carbocycles. The van der Waals surface area contributed by atoms with Crippen LogP contribution in [0.25, 0.3) is 0 Å². The van der Waals surface area contributed by atoms with Crippen molar-refractivity contribution in [1.29, 1.82) is 0 Å². The van der Waals surface area contributed by atoms with Crippen molar-refractivity contribution in [3.8, 4) is 0 Å². The monoisotopic (exact) mass is 246 g/mol. The largest absolute Gasteiger partial charge is 0.370 e. The fraction of sp³-hybridized carbons (Fsp3) is 0.562. The summed E-state index contributed by atoms with van der Waals surface area (Å²) in [7, 11) is 0. The van der Waals surface area contributed by atoms with E-state index in [1.54, 1.807) is 0 Å². The molecular formula is C16H22O2. The molecule has 18 heavy (non-hydrogen) atoms. The van der Waals surface area contributed by atoms with Gasteiger partial charge in [-0.3, -0.25) is 4.79 Å². The second kappa shape index (κ2) is 5.66. The molecule has 0 bridgehead atoms. The number of carbonyl (C=O) groups is 1. The molecule has 0 saturated heterocycles. The Morgan fingerprint density at radius 1 is 1.39 bits per heavy atom. The molecule has 2 heteroatoms.